The lowest BCUT2D eigenvalue weighted by atomic mass is 9.88. The molecular weight excluding hydrogens is 451 g/mol. The number of H-pyrrole nitrogens is 1. The average Bonchev–Trinajstić information content (AvgIpc) is 3.14. The minimum Gasteiger partial charge on any atom is -0.494 e. The predicted octanol–water partition coefficient (Wildman–Crippen LogP) is 3.00. The Bertz CT molecular complexity index is 1270. The van der Waals surface area contributed by atoms with Crippen LogP contribution in [0, 0.1) is 19.7 Å². The summed E-state index contributed by atoms with van der Waals surface area (Å²) in [5.74, 6) is -2.56. The number of nitrogens with zero attached hydrogens (tertiary/aromatic N) is 2. The van der Waals surface area contributed by atoms with Crippen molar-refractivity contribution in [3.05, 3.63) is 68.4 Å². The molecule has 1 aromatic carbocycles. The summed E-state index contributed by atoms with van der Waals surface area (Å²) in [6, 6.07) is 2.98. The zero-order valence-corrected chi connectivity index (χ0v) is 18.6. The molecule has 0 bridgehead atoms. The Morgan fingerprint density at radius 3 is 2.65 bits per heavy atom. The van der Waals surface area contributed by atoms with Crippen molar-refractivity contribution in [2.24, 2.45) is 0 Å². The van der Waals surface area contributed by atoms with Crippen LogP contribution in [0.25, 0.3) is 0 Å². The second-order valence-electron chi connectivity index (χ2n) is 6.90. The molecule has 3 aromatic rings. The minimum atomic E-state index is -4.33. The fourth-order valence-electron chi connectivity index (χ4n) is 3.25. The topological polar surface area (TPSA) is 127 Å². The van der Waals surface area contributed by atoms with Crippen LogP contribution < -0.4 is 15.2 Å². The fraction of sp³-hybridized carbons (Fsp3) is 0.316. The Labute approximate surface area is 182 Å². The van der Waals surface area contributed by atoms with Crippen molar-refractivity contribution >= 4 is 21.6 Å². The molecule has 0 spiro atoms. The molecule has 3 rings (SSSR count). The van der Waals surface area contributed by atoms with Crippen LogP contribution in [0.4, 0.5) is 4.39 Å². The third-order valence-electron chi connectivity index (χ3n) is 4.95. The van der Waals surface area contributed by atoms with Crippen LogP contribution in [0.5, 0.6) is 5.75 Å². The number of aromatic nitrogens is 3. The number of benzene rings is 1. The van der Waals surface area contributed by atoms with E-state index in [-0.39, 0.29) is 22.2 Å². The first-order valence-corrected chi connectivity index (χ1v) is 10.9. The average molecular weight is 471 g/mol. The van der Waals surface area contributed by atoms with E-state index in [1.807, 2.05) is 0 Å². The summed E-state index contributed by atoms with van der Waals surface area (Å²) < 4.78 is 53.5. The first-order valence-electron chi connectivity index (χ1n) is 9.08. The van der Waals surface area contributed by atoms with E-state index >= 15 is 0 Å². The van der Waals surface area contributed by atoms with Gasteiger partial charge in [0.1, 0.15) is 11.9 Å². The lowest BCUT2D eigenvalue weighted by Crippen LogP contribution is -2.33. The van der Waals surface area contributed by atoms with Gasteiger partial charge in [-0.05, 0) is 36.6 Å². The number of hydrogen-bond acceptors (Lipinski definition) is 7. The van der Waals surface area contributed by atoms with Crippen LogP contribution in [0.2, 0.25) is 5.02 Å². The van der Waals surface area contributed by atoms with Gasteiger partial charge in [-0.25, -0.2) is 27.7 Å². The van der Waals surface area contributed by atoms with Crippen molar-refractivity contribution in [2.75, 3.05) is 7.11 Å². The number of aromatic amines is 1. The second-order valence-corrected chi connectivity index (χ2v) is 8.97. The van der Waals surface area contributed by atoms with Crippen molar-refractivity contribution in [1.82, 2.24) is 19.9 Å². The summed E-state index contributed by atoms with van der Waals surface area (Å²) in [6.45, 7) is 5.13. The maximum absolute atomic E-state index is 14.7. The summed E-state index contributed by atoms with van der Waals surface area (Å²) in [7, 11) is -3.06. The highest BCUT2D eigenvalue weighted by Gasteiger charge is 2.35. The van der Waals surface area contributed by atoms with E-state index in [4.69, 9.17) is 20.8 Å². The number of methoxy groups -OCH3 is 1. The molecule has 2 N–H and O–H groups in total. The molecule has 31 heavy (non-hydrogen) atoms. The van der Waals surface area contributed by atoms with Crippen molar-refractivity contribution in [2.45, 2.75) is 37.8 Å². The Morgan fingerprint density at radius 1 is 1.32 bits per heavy atom. The van der Waals surface area contributed by atoms with Gasteiger partial charge in [-0.3, -0.25) is 0 Å². The third-order valence-corrected chi connectivity index (χ3v) is 6.54. The van der Waals surface area contributed by atoms with Gasteiger partial charge in [0.05, 0.1) is 12.1 Å². The molecule has 0 aliphatic rings. The van der Waals surface area contributed by atoms with Crippen molar-refractivity contribution in [3.63, 3.8) is 0 Å². The molecule has 0 fully saturated rings. The standard InChI is InChI=1S/C19H20ClFN4O5S/c1-9-5-6-13(21)15(10(9)2)11(3)16(17-23-24-19(26)30-17)25-31(27,28)18-14(29-4)7-12(20)8-22-18/h5-8,11,16,25H,1-4H3,(H,24,26). The summed E-state index contributed by atoms with van der Waals surface area (Å²) in [4.78, 5) is 15.4. The fourth-order valence-corrected chi connectivity index (χ4v) is 4.75. The lowest BCUT2D eigenvalue weighted by molar-refractivity contribution is 0.373. The molecule has 0 aliphatic heterocycles. The summed E-state index contributed by atoms with van der Waals surface area (Å²) >= 11 is 5.87. The van der Waals surface area contributed by atoms with E-state index in [1.165, 1.54) is 19.2 Å². The van der Waals surface area contributed by atoms with E-state index in [1.54, 1.807) is 26.8 Å². The predicted molar refractivity (Wildman–Crippen MR) is 110 cm³/mol. The van der Waals surface area contributed by atoms with E-state index in [2.05, 4.69) is 19.9 Å². The highest BCUT2D eigenvalue weighted by molar-refractivity contribution is 7.89. The summed E-state index contributed by atoms with van der Waals surface area (Å²) in [5.41, 5.74) is 1.71. The van der Waals surface area contributed by atoms with Crippen LogP contribution in [0.1, 0.15) is 41.5 Å². The van der Waals surface area contributed by atoms with Gasteiger partial charge in [-0.1, -0.05) is 24.6 Å². The quantitative estimate of drug-likeness (QED) is 0.543. The molecule has 12 heteroatoms. The normalized spacial score (nSPS) is 13.7. The van der Waals surface area contributed by atoms with Gasteiger partial charge in [0.15, 0.2) is 5.75 Å². The highest BCUT2D eigenvalue weighted by Crippen LogP contribution is 2.36. The second kappa shape index (κ2) is 8.77. The molecule has 2 aromatic heterocycles. The number of ether oxygens (including phenoxy) is 1. The number of rotatable bonds is 7. The zero-order chi connectivity index (χ0) is 22.9. The van der Waals surface area contributed by atoms with E-state index in [0.717, 1.165) is 11.8 Å². The first-order chi connectivity index (χ1) is 14.5. The first kappa shape index (κ1) is 22.9. The van der Waals surface area contributed by atoms with Gasteiger partial charge in [0, 0.05) is 18.2 Å². The Balaban J connectivity index is 2.12. The Hall–Kier alpha value is -2.76. The van der Waals surface area contributed by atoms with Crippen molar-refractivity contribution < 1.29 is 22.0 Å². The summed E-state index contributed by atoms with van der Waals surface area (Å²) in [6.07, 6.45) is 1.15. The van der Waals surface area contributed by atoms with Gasteiger partial charge in [0.2, 0.25) is 10.9 Å². The van der Waals surface area contributed by atoms with Gasteiger partial charge in [-0.2, -0.15) is 4.72 Å². The number of sulfonamides is 1. The molecule has 2 atom stereocenters. The van der Waals surface area contributed by atoms with Crippen molar-refractivity contribution in [1.29, 1.82) is 0 Å². The van der Waals surface area contributed by atoms with Gasteiger partial charge < -0.3 is 9.15 Å². The lowest BCUT2D eigenvalue weighted by Gasteiger charge is -2.25. The number of halogens is 2. The minimum absolute atomic E-state index is 0.0900. The maximum atomic E-state index is 14.7. The monoisotopic (exact) mass is 470 g/mol. The molecule has 9 nitrogen and oxygen atoms in total. The molecule has 0 saturated heterocycles. The van der Waals surface area contributed by atoms with E-state index < -0.39 is 38.6 Å². The van der Waals surface area contributed by atoms with Crippen LogP contribution in [-0.2, 0) is 10.0 Å². The molecule has 0 radical (unpaired) electrons. The Kier molecular flexibility index (Phi) is 6.48. The molecule has 2 unspecified atom stereocenters. The third kappa shape index (κ3) is 4.63. The van der Waals surface area contributed by atoms with Crippen LogP contribution in [-0.4, -0.2) is 30.7 Å². The molecule has 2 heterocycles. The molecule has 0 amide bonds. The Morgan fingerprint density at radius 2 is 2.03 bits per heavy atom. The zero-order valence-electron chi connectivity index (χ0n) is 17.1. The van der Waals surface area contributed by atoms with E-state index in [0.29, 0.717) is 5.56 Å². The molecule has 0 saturated carbocycles. The van der Waals surface area contributed by atoms with Crippen LogP contribution in [0.3, 0.4) is 0 Å². The van der Waals surface area contributed by atoms with Gasteiger partial charge in [0.25, 0.3) is 10.0 Å². The number of pyridine rings is 1. The highest BCUT2D eigenvalue weighted by atomic mass is 35.5. The van der Waals surface area contributed by atoms with Gasteiger partial charge >= 0.3 is 5.76 Å². The SMILES string of the molecule is COc1cc(Cl)cnc1S(=O)(=O)NC(c1n[nH]c(=O)o1)C(C)c1c(F)ccc(C)c1C. The smallest absolute Gasteiger partial charge is 0.434 e. The largest absolute Gasteiger partial charge is 0.494 e. The van der Waals surface area contributed by atoms with E-state index in [9.17, 15) is 17.6 Å². The van der Waals surface area contributed by atoms with Crippen LogP contribution in [0.15, 0.2) is 38.6 Å². The number of hydrogen-bond donors (Lipinski definition) is 2. The molecular formula is C19H20ClFN4O5S. The summed E-state index contributed by atoms with van der Waals surface area (Å²) in [5, 5.41) is 5.59. The van der Waals surface area contributed by atoms with Crippen LogP contribution >= 0.6 is 11.6 Å². The molecule has 0 aliphatic carbocycles. The maximum Gasteiger partial charge on any atom is 0.434 e. The number of aryl methyl sites for hydroxylation is 1. The van der Waals surface area contributed by atoms with Crippen molar-refractivity contribution in [3.8, 4) is 5.75 Å². The molecule has 166 valence electrons. The number of nitrogens with one attached hydrogen (secondary N) is 2. The van der Waals surface area contributed by atoms with Gasteiger partial charge in [-0.15, -0.1) is 5.10 Å².